The van der Waals surface area contributed by atoms with Crippen LogP contribution in [-0.2, 0) is 0 Å². The molecule has 4 heteroatoms. The number of carbonyl (C=O) groups excluding carboxylic acids is 1. The van der Waals surface area contributed by atoms with Crippen molar-refractivity contribution in [2.24, 2.45) is 5.92 Å². The minimum Gasteiger partial charge on any atom is -0.399 e. The highest BCUT2D eigenvalue weighted by Crippen LogP contribution is 2.22. The van der Waals surface area contributed by atoms with Gasteiger partial charge in [0.15, 0.2) is 0 Å². The molecule has 1 aliphatic rings. The molecule has 1 aromatic rings. The molecule has 2 amide bonds. The fourth-order valence-electron chi connectivity index (χ4n) is 2.79. The second-order valence-corrected chi connectivity index (χ2v) is 5.72. The van der Waals surface area contributed by atoms with Crippen molar-refractivity contribution in [3.63, 3.8) is 0 Å². The fourth-order valence-corrected chi connectivity index (χ4v) is 2.79. The first-order valence-electron chi connectivity index (χ1n) is 7.53. The number of amides is 2. The number of likely N-dealkylation sites (tertiary alicyclic amines) is 1. The lowest BCUT2D eigenvalue weighted by Gasteiger charge is -2.35. The Kier molecular flexibility index (Phi) is 4.88. The molecule has 1 atom stereocenters. The van der Waals surface area contributed by atoms with Gasteiger partial charge in [0.2, 0.25) is 0 Å². The van der Waals surface area contributed by atoms with Crippen LogP contribution in [0.4, 0.5) is 16.2 Å². The minimum atomic E-state index is 0.115. The Bertz CT molecular complexity index is 461. The molecule has 1 aromatic carbocycles. The van der Waals surface area contributed by atoms with Crippen molar-refractivity contribution in [1.29, 1.82) is 0 Å². The highest BCUT2D eigenvalue weighted by Gasteiger charge is 2.25. The van der Waals surface area contributed by atoms with E-state index in [1.165, 1.54) is 6.42 Å². The zero-order valence-corrected chi connectivity index (χ0v) is 12.5. The number of nitrogens with two attached hydrogens (primary N) is 1. The molecule has 1 saturated heterocycles. The SMILES string of the molecule is CCCN(C(=O)N1CCCC(C)C1)c1cccc(N)c1. The third kappa shape index (κ3) is 3.44. The summed E-state index contributed by atoms with van der Waals surface area (Å²) in [7, 11) is 0. The summed E-state index contributed by atoms with van der Waals surface area (Å²) in [5.74, 6) is 0.594. The van der Waals surface area contributed by atoms with E-state index in [2.05, 4.69) is 13.8 Å². The first-order valence-corrected chi connectivity index (χ1v) is 7.53. The molecule has 0 spiro atoms. The Morgan fingerprint density at radius 1 is 1.50 bits per heavy atom. The Labute approximate surface area is 121 Å². The van der Waals surface area contributed by atoms with Crippen molar-refractivity contribution in [3.8, 4) is 0 Å². The van der Waals surface area contributed by atoms with Crippen molar-refractivity contribution < 1.29 is 4.79 Å². The van der Waals surface area contributed by atoms with E-state index < -0.39 is 0 Å². The number of benzene rings is 1. The second-order valence-electron chi connectivity index (χ2n) is 5.72. The highest BCUT2D eigenvalue weighted by molar-refractivity contribution is 5.92. The summed E-state index contributed by atoms with van der Waals surface area (Å²) in [5, 5.41) is 0. The number of hydrogen-bond acceptors (Lipinski definition) is 2. The lowest BCUT2D eigenvalue weighted by atomic mass is 10.0. The van der Waals surface area contributed by atoms with Crippen LogP contribution in [0.15, 0.2) is 24.3 Å². The summed E-state index contributed by atoms with van der Waals surface area (Å²) in [6.07, 6.45) is 3.25. The number of rotatable bonds is 3. The Hall–Kier alpha value is -1.71. The Morgan fingerprint density at radius 3 is 2.95 bits per heavy atom. The lowest BCUT2D eigenvalue weighted by Crippen LogP contribution is -2.47. The standard InChI is InChI=1S/C16H25N3O/c1-3-9-19(15-8-4-7-14(17)11-15)16(20)18-10-5-6-13(2)12-18/h4,7-8,11,13H,3,5-6,9-10,12,17H2,1-2H3. The second kappa shape index (κ2) is 6.64. The molecule has 110 valence electrons. The topological polar surface area (TPSA) is 49.6 Å². The molecule has 0 bridgehead atoms. The van der Waals surface area contributed by atoms with Crippen molar-refractivity contribution in [2.75, 3.05) is 30.3 Å². The van der Waals surface area contributed by atoms with Crippen molar-refractivity contribution in [1.82, 2.24) is 4.90 Å². The van der Waals surface area contributed by atoms with Crippen LogP contribution in [0.25, 0.3) is 0 Å². The van der Waals surface area contributed by atoms with E-state index in [1.54, 1.807) is 0 Å². The molecule has 1 fully saturated rings. The van der Waals surface area contributed by atoms with Gasteiger partial charge in [0.1, 0.15) is 0 Å². The molecular formula is C16H25N3O. The van der Waals surface area contributed by atoms with Crippen LogP contribution in [0.3, 0.4) is 0 Å². The van der Waals surface area contributed by atoms with Crippen LogP contribution >= 0.6 is 0 Å². The maximum atomic E-state index is 12.8. The van der Waals surface area contributed by atoms with Gasteiger partial charge < -0.3 is 10.6 Å². The van der Waals surface area contributed by atoms with Crippen molar-refractivity contribution in [3.05, 3.63) is 24.3 Å². The molecule has 0 radical (unpaired) electrons. The van der Waals surface area contributed by atoms with E-state index >= 15 is 0 Å². The largest absolute Gasteiger partial charge is 0.399 e. The highest BCUT2D eigenvalue weighted by atomic mass is 16.2. The summed E-state index contributed by atoms with van der Waals surface area (Å²) in [5.41, 5.74) is 7.44. The van der Waals surface area contributed by atoms with Gasteiger partial charge in [0.25, 0.3) is 0 Å². The van der Waals surface area contributed by atoms with Gasteiger partial charge in [-0.05, 0) is 43.4 Å². The van der Waals surface area contributed by atoms with Crippen molar-refractivity contribution >= 4 is 17.4 Å². The average Bonchev–Trinajstić information content (AvgIpc) is 2.44. The number of nitrogen functional groups attached to an aromatic ring is 1. The smallest absolute Gasteiger partial charge is 0.324 e. The van der Waals surface area contributed by atoms with Crippen LogP contribution in [0.5, 0.6) is 0 Å². The molecule has 0 aliphatic carbocycles. The number of hydrogen-bond donors (Lipinski definition) is 1. The zero-order chi connectivity index (χ0) is 14.5. The number of anilines is 2. The number of urea groups is 1. The molecular weight excluding hydrogens is 250 g/mol. The van der Waals surface area contributed by atoms with Crippen LogP contribution in [-0.4, -0.2) is 30.6 Å². The van der Waals surface area contributed by atoms with Gasteiger partial charge in [-0.15, -0.1) is 0 Å². The molecule has 0 saturated carbocycles. The summed E-state index contributed by atoms with van der Waals surface area (Å²) >= 11 is 0. The molecule has 1 heterocycles. The lowest BCUT2D eigenvalue weighted by molar-refractivity contribution is 0.176. The van der Waals surface area contributed by atoms with Gasteiger partial charge in [-0.3, -0.25) is 4.90 Å². The molecule has 2 N–H and O–H groups in total. The summed E-state index contributed by atoms with van der Waals surface area (Å²) in [4.78, 5) is 16.6. The first kappa shape index (κ1) is 14.7. The predicted molar refractivity (Wildman–Crippen MR) is 83.9 cm³/mol. The Balaban J connectivity index is 2.17. The quantitative estimate of drug-likeness (QED) is 0.860. The van der Waals surface area contributed by atoms with E-state index in [0.29, 0.717) is 11.6 Å². The summed E-state index contributed by atoms with van der Waals surface area (Å²) in [6, 6.07) is 7.70. The maximum absolute atomic E-state index is 12.8. The van der Waals surface area contributed by atoms with Gasteiger partial charge in [-0.2, -0.15) is 0 Å². The van der Waals surface area contributed by atoms with Crippen LogP contribution in [0.1, 0.15) is 33.1 Å². The van der Waals surface area contributed by atoms with E-state index in [0.717, 1.165) is 38.2 Å². The average molecular weight is 275 g/mol. The summed E-state index contributed by atoms with van der Waals surface area (Å²) in [6.45, 7) is 6.76. The first-order chi connectivity index (χ1) is 9.61. The third-order valence-corrected chi connectivity index (χ3v) is 3.79. The molecule has 1 unspecified atom stereocenters. The van der Waals surface area contributed by atoms with Gasteiger partial charge in [0, 0.05) is 31.0 Å². The Morgan fingerprint density at radius 2 is 2.30 bits per heavy atom. The van der Waals surface area contributed by atoms with Gasteiger partial charge in [-0.25, -0.2) is 4.79 Å². The van der Waals surface area contributed by atoms with E-state index in [9.17, 15) is 4.79 Å². The third-order valence-electron chi connectivity index (χ3n) is 3.79. The van der Waals surface area contributed by atoms with Gasteiger partial charge in [-0.1, -0.05) is 19.9 Å². The van der Waals surface area contributed by atoms with E-state index in [1.807, 2.05) is 34.1 Å². The normalized spacial score (nSPS) is 18.9. The monoisotopic (exact) mass is 275 g/mol. The fraction of sp³-hybridized carbons (Fsp3) is 0.562. The van der Waals surface area contributed by atoms with Crippen LogP contribution in [0, 0.1) is 5.92 Å². The molecule has 20 heavy (non-hydrogen) atoms. The molecule has 4 nitrogen and oxygen atoms in total. The van der Waals surface area contributed by atoms with Crippen LogP contribution in [0.2, 0.25) is 0 Å². The predicted octanol–water partition coefficient (Wildman–Crippen LogP) is 3.34. The van der Waals surface area contributed by atoms with Gasteiger partial charge >= 0.3 is 6.03 Å². The molecule has 2 rings (SSSR count). The maximum Gasteiger partial charge on any atom is 0.324 e. The number of carbonyl (C=O) groups is 1. The minimum absolute atomic E-state index is 0.115. The van der Waals surface area contributed by atoms with E-state index in [-0.39, 0.29) is 6.03 Å². The van der Waals surface area contributed by atoms with Crippen LogP contribution < -0.4 is 10.6 Å². The van der Waals surface area contributed by atoms with E-state index in [4.69, 9.17) is 5.73 Å². The zero-order valence-electron chi connectivity index (χ0n) is 12.5. The number of nitrogens with zero attached hydrogens (tertiary/aromatic N) is 2. The van der Waals surface area contributed by atoms with Crippen molar-refractivity contribution in [2.45, 2.75) is 33.1 Å². The number of piperidine rings is 1. The summed E-state index contributed by atoms with van der Waals surface area (Å²) < 4.78 is 0. The van der Waals surface area contributed by atoms with Gasteiger partial charge in [0.05, 0.1) is 0 Å². The molecule has 0 aromatic heterocycles. The molecule has 1 aliphatic heterocycles.